The van der Waals surface area contributed by atoms with Crippen molar-refractivity contribution < 1.29 is 19.8 Å². The highest BCUT2D eigenvalue weighted by Gasteiger charge is 2.34. The van der Waals surface area contributed by atoms with Crippen LogP contribution in [0.5, 0.6) is 0 Å². The molecule has 0 spiro atoms. The van der Waals surface area contributed by atoms with Crippen LogP contribution < -0.4 is 5.32 Å². The van der Waals surface area contributed by atoms with Gasteiger partial charge in [0.25, 0.3) is 5.91 Å². The summed E-state index contributed by atoms with van der Waals surface area (Å²) in [5, 5.41) is 20.8. The molecule has 0 saturated carbocycles. The summed E-state index contributed by atoms with van der Waals surface area (Å²) in [6.45, 7) is 1.68. The molecular weight excluding hydrogens is 198 g/mol. The van der Waals surface area contributed by atoms with Gasteiger partial charge in [0.15, 0.2) is 5.78 Å². The highest BCUT2D eigenvalue weighted by Crippen LogP contribution is 2.19. The van der Waals surface area contributed by atoms with Crippen LogP contribution in [0.15, 0.2) is 11.3 Å². The van der Waals surface area contributed by atoms with E-state index in [2.05, 4.69) is 5.32 Å². The number of carbonyl (C=O) groups excluding carboxylic acids is 2. The van der Waals surface area contributed by atoms with Crippen LogP contribution in [0.25, 0.3) is 0 Å². The predicted octanol–water partition coefficient (Wildman–Crippen LogP) is 0.0485. The summed E-state index contributed by atoms with van der Waals surface area (Å²) < 4.78 is 0. The van der Waals surface area contributed by atoms with Gasteiger partial charge in [-0.3, -0.25) is 9.59 Å². The maximum absolute atomic E-state index is 11.5. The van der Waals surface area contributed by atoms with Gasteiger partial charge in [0.2, 0.25) is 0 Å². The Bertz CT molecular complexity index is 309. The van der Waals surface area contributed by atoms with E-state index >= 15 is 0 Å². The molecule has 1 rings (SSSR count). The maximum Gasteiger partial charge on any atom is 0.259 e. The zero-order valence-electron chi connectivity index (χ0n) is 8.62. The third-order valence-corrected chi connectivity index (χ3v) is 2.29. The number of carbonyl (C=O) groups is 2. The van der Waals surface area contributed by atoms with Crippen molar-refractivity contribution in [3.63, 3.8) is 0 Å². The zero-order valence-corrected chi connectivity index (χ0v) is 8.62. The lowest BCUT2D eigenvalue weighted by molar-refractivity contribution is -0.122. The molecule has 1 atom stereocenters. The molecule has 1 amide bonds. The molecule has 0 unspecified atom stereocenters. The van der Waals surface area contributed by atoms with Crippen molar-refractivity contribution in [2.45, 2.75) is 32.2 Å². The first-order valence-electron chi connectivity index (χ1n) is 4.99. The van der Waals surface area contributed by atoms with E-state index in [-0.39, 0.29) is 36.6 Å². The standard InChI is InChI=1S/C10H15NO4/c1-2-3-7(13)8-9(14)6(4-5-12)11-10(8)15/h6,12,14H,2-5H2,1H3,(H,11,15)/t6-/m0/s1. The van der Waals surface area contributed by atoms with Crippen molar-refractivity contribution >= 4 is 11.7 Å². The number of amides is 1. The molecule has 84 valence electrons. The molecule has 3 N–H and O–H groups in total. The minimum atomic E-state index is -0.613. The zero-order chi connectivity index (χ0) is 11.4. The Labute approximate surface area is 87.8 Å². The Hall–Kier alpha value is -1.36. The van der Waals surface area contributed by atoms with Crippen molar-refractivity contribution in [1.82, 2.24) is 5.32 Å². The normalized spacial score (nSPS) is 20.7. The largest absolute Gasteiger partial charge is 0.509 e. The van der Waals surface area contributed by atoms with Crippen LogP contribution in [0, 0.1) is 0 Å². The van der Waals surface area contributed by atoms with Crippen molar-refractivity contribution in [1.29, 1.82) is 0 Å². The predicted molar refractivity (Wildman–Crippen MR) is 53.2 cm³/mol. The van der Waals surface area contributed by atoms with E-state index in [0.717, 1.165) is 0 Å². The van der Waals surface area contributed by atoms with Crippen LogP contribution in [-0.4, -0.2) is 34.6 Å². The SMILES string of the molecule is CCCC(=O)C1=C(O)[C@H](CCO)NC1=O. The molecule has 0 saturated heterocycles. The maximum atomic E-state index is 11.5. The van der Waals surface area contributed by atoms with E-state index in [0.29, 0.717) is 6.42 Å². The highest BCUT2D eigenvalue weighted by atomic mass is 16.3. The van der Waals surface area contributed by atoms with Gasteiger partial charge in [0.1, 0.15) is 11.3 Å². The van der Waals surface area contributed by atoms with Gasteiger partial charge >= 0.3 is 0 Å². The fraction of sp³-hybridized carbons (Fsp3) is 0.600. The van der Waals surface area contributed by atoms with Gasteiger partial charge in [0, 0.05) is 13.0 Å². The Morgan fingerprint density at radius 2 is 2.20 bits per heavy atom. The van der Waals surface area contributed by atoms with Gasteiger partial charge < -0.3 is 15.5 Å². The molecule has 1 aliphatic rings. The highest BCUT2D eigenvalue weighted by molar-refractivity contribution is 6.21. The van der Waals surface area contributed by atoms with Gasteiger partial charge in [-0.1, -0.05) is 6.92 Å². The quantitative estimate of drug-likeness (QED) is 0.563. The second kappa shape index (κ2) is 4.93. The van der Waals surface area contributed by atoms with Crippen LogP contribution in [-0.2, 0) is 9.59 Å². The second-order valence-electron chi connectivity index (χ2n) is 3.47. The van der Waals surface area contributed by atoms with Crippen molar-refractivity contribution in [2.24, 2.45) is 0 Å². The smallest absolute Gasteiger partial charge is 0.259 e. The summed E-state index contributed by atoms with van der Waals surface area (Å²) in [6.07, 6.45) is 1.10. The molecule has 5 heteroatoms. The first-order chi connectivity index (χ1) is 7.11. The van der Waals surface area contributed by atoms with E-state index in [4.69, 9.17) is 5.11 Å². The summed E-state index contributed by atoms with van der Waals surface area (Å²) in [4.78, 5) is 22.8. The van der Waals surface area contributed by atoms with E-state index in [1.807, 2.05) is 6.92 Å². The topological polar surface area (TPSA) is 86.6 Å². The number of rotatable bonds is 5. The van der Waals surface area contributed by atoms with Crippen LogP contribution in [0.1, 0.15) is 26.2 Å². The molecular formula is C10H15NO4. The summed E-state index contributed by atoms with van der Waals surface area (Å²) in [5.74, 6) is -1.11. The fourth-order valence-corrected chi connectivity index (χ4v) is 1.55. The molecule has 5 nitrogen and oxygen atoms in total. The molecule has 0 bridgehead atoms. The molecule has 1 aliphatic heterocycles. The van der Waals surface area contributed by atoms with Gasteiger partial charge in [-0.2, -0.15) is 0 Å². The summed E-state index contributed by atoms with van der Waals surface area (Å²) in [7, 11) is 0. The van der Waals surface area contributed by atoms with Gasteiger partial charge in [-0.05, 0) is 12.8 Å². The number of Topliss-reactive ketones (excluding diaryl/α,β-unsaturated/α-hetero) is 1. The summed E-state index contributed by atoms with van der Waals surface area (Å²) in [6, 6.07) is -0.613. The van der Waals surface area contributed by atoms with E-state index < -0.39 is 11.9 Å². The number of ketones is 1. The Kier molecular flexibility index (Phi) is 3.85. The van der Waals surface area contributed by atoms with Crippen LogP contribution in [0.3, 0.4) is 0 Å². The van der Waals surface area contributed by atoms with Crippen LogP contribution >= 0.6 is 0 Å². The third kappa shape index (κ3) is 2.36. The summed E-state index contributed by atoms with van der Waals surface area (Å²) in [5.41, 5.74) is -0.143. The minimum absolute atomic E-state index is 0.143. The molecule has 0 radical (unpaired) electrons. The number of aliphatic hydroxyl groups excluding tert-OH is 2. The Morgan fingerprint density at radius 1 is 1.53 bits per heavy atom. The minimum Gasteiger partial charge on any atom is -0.509 e. The molecule has 0 aromatic carbocycles. The van der Waals surface area contributed by atoms with E-state index in [1.54, 1.807) is 0 Å². The van der Waals surface area contributed by atoms with Crippen molar-refractivity contribution in [2.75, 3.05) is 6.61 Å². The average Bonchev–Trinajstić information content (AvgIpc) is 2.43. The number of aliphatic hydroxyl groups is 2. The lowest BCUT2D eigenvalue weighted by atomic mass is 10.1. The van der Waals surface area contributed by atoms with Crippen LogP contribution in [0.4, 0.5) is 0 Å². The first kappa shape index (κ1) is 11.7. The van der Waals surface area contributed by atoms with Gasteiger partial charge in [0.05, 0.1) is 6.04 Å². The Balaban J connectivity index is 2.84. The molecule has 15 heavy (non-hydrogen) atoms. The van der Waals surface area contributed by atoms with Crippen LogP contribution in [0.2, 0.25) is 0 Å². The second-order valence-corrected chi connectivity index (χ2v) is 3.47. The first-order valence-corrected chi connectivity index (χ1v) is 4.99. The van der Waals surface area contributed by atoms with E-state index in [9.17, 15) is 14.7 Å². The van der Waals surface area contributed by atoms with Gasteiger partial charge in [-0.15, -0.1) is 0 Å². The van der Waals surface area contributed by atoms with Gasteiger partial charge in [-0.25, -0.2) is 0 Å². The van der Waals surface area contributed by atoms with E-state index in [1.165, 1.54) is 0 Å². The number of nitrogens with one attached hydrogen (secondary N) is 1. The Morgan fingerprint density at radius 3 is 2.73 bits per heavy atom. The van der Waals surface area contributed by atoms with Crippen molar-refractivity contribution in [3.8, 4) is 0 Å². The third-order valence-electron chi connectivity index (χ3n) is 2.29. The lowest BCUT2D eigenvalue weighted by Gasteiger charge is -2.07. The van der Waals surface area contributed by atoms with Crippen molar-refractivity contribution in [3.05, 3.63) is 11.3 Å². The number of hydrogen-bond acceptors (Lipinski definition) is 4. The molecule has 0 fully saturated rings. The monoisotopic (exact) mass is 213 g/mol. The fourth-order valence-electron chi connectivity index (χ4n) is 1.55. The summed E-state index contributed by atoms with van der Waals surface area (Å²) >= 11 is 0. The molecule has 0 aromatic heterocycles. The molecule has 1 heterocycles. The number of hydrogen-bond donors (Lipinski definition) is 3. The lowest BCUT2D eigenvalue weighted by Crippen LogP contribution is -2.30. The molecule has 0 aromatic rings. The average molecular weight is 213 g/mol. The molecule has 0 aliphatic carbocycles.